The second-order valence-corrected chi connectivity index (χ2v) is 7.58. The molecule has 0 saturated carbocycles. The summed E-state index contributed by atoms with van der Waals surface area (Å²) in [7, 11) is 3.04. The molecule has 162 valence electrons. The van der Waals surface area contributed by atoms with Crippen LogP contribution in [0.15, 0.2) is 42.5 Å². The Morgan fingerprint density at radius 2 is 1.77 bits per heavy atom. The molecule has 0 saturated heterocycles. The maximum atomic E-state index is 13.0. The number of hydrogen-bond acceptors (Lipinski definition) is 6. The van der Waals surface area contributed by atoms with Crippen LogP contribution in [-0.4, -0.2) is 37.5 Å². The van der Waals surface area contributed by atoms with E-state index in [1.54, 1.807) is 43.5 Å². The fourth-order valence-corrected chi connectivity index (χ4v) is 3.15. The lowest BCUT2D eigenvalue weighted by molar-refractivity contribution is -0.131. The highest BCUT2D eigenvalue weighted by Gasteiger charge is 2.27. The average Bonchev–Trinajstić information content (AvgIpc) is 2.75. The number of benzene rings is 2. The van der Waals surface area contributed by atoms with E-state index in [9.17, 15) is 9.59 Å². The van der Waals surface area contributed by atoms with Crippen molar-refractivity contribution in [3.63, 3.8) is 0 Å². The third-order valence-corrected chi connectivity index (χ3v) is 4.82. The van der Waals surface area contributed by atoms with Gasteiger partial charge in [0, 0.05) is 0 Å². The Kier molecular flexibility index (Phi) is 6.71. The maximum Gasteiger partial charge on any atom is 0.326 e. The van der Waals surface area contributed by atoms with Crippen LogP contribution >= 0.6 is 11.6 Å². The highest BCUT2D eigenvalue weighted by molar-refractivity contribution is 6.26. The van der Waals surface area contributed by atoms with Gasteiger partial charge in [-0.25, -0.2) is 0 Å². The van der Waals surface area contributed by atoms with Crippen molar-refractivity contribution in [2.45, 2.75) is 19.4 Å². The van der Waals surface area contributed by atoms with Crippen LogP contribution in [0.2, 0.25) is 0 Å². The number of ketones is 1. The Morgan fingerprint density at radius 1 is 1.06 bits per heavy atom. The molecule has 0 spiro atoms. The Balaban J connectivity index is 1.91. The van der Waals surface area contributed by atoms with Gasteiger partial charge in [-0.05, 0) is 61.9 Å². The Hall–Kier alpha value is -3.25. The predicted molar refractivity (Wildman–Crippen MR) is 119 cm³/mol. The van der Waals surface area contributed by atoms with Gasteiger partial charge >= 0.3 is 5.97 Å². The van der Waals surface area contributed by atoms with Gasteiger partial charge in [-0.2, -0.15) is 0 Å². The lowest BCUT2D eigenvalue weighted by Gasteiger charge is -2.29. The molecule has 0 unspecified atom stereocenters. The molecule has 0 fully saturated rings. The summed E-state index contributed by atoms with van der Waals surface area (Å²) in [6, 6.07) is 8.41. The number of hydrogen-bond donors (Lipinski definition) is 0. The summed E-state index contributed by atoms with van der Waals surface area (Å²) in [6.45, 7) is 3.83. The first-order valence-electron chi connectivity index (χ1n) is 9.54. The number of esters is 1. The van der Waals surface area contributed by atoms with Crippen molar-refractivity contribution in [3.05, 3.63) is 59.2 Å². The molecule has 1 aliphatic heterocycles. The molecule has 1 heterocycles. The van der Waals surface area contributed by atoms with Crippen molar-refractivity contribution in [1.82, 2.24) is 0 Å². The van der Waals surface area contributed by atoms with E-state index >= 15 is 0 Å². The molecule has 1 aliphatic rings. The SMILES string of the molecule is COc1ccc(/C=C/C(=O)c2ccc(OC)c3c2OC(C)(C)C=C3)cc1OC(=O)CCl. The van der Waals surface area contributed by atoms with E-state index in [2.05, 4.69) is 0 Å². The van der Waals surface area contributed by atoms with Crippen LogP contribution in [-0.2, 0) is 4.79 Å². The number of methoxy groups -OCH3 is 2. The van der Waals surface area contributed by atoms with Crippen molar-refractivity contribution in [2.24, 2.45) is 0 Å². The van der Waals surface area contributed by atoms with Gasteiger partial charge in [0.15, 0.2) is 17.3 Å². The van der Waals surface area contributed by atoms with E-state index in [1.807, 2.05) is 26.0 Å². The lowest BCUT2D eigenvalue weighted by atomic mass is 9.97. The summed E-state index contributed by atoms with van der Waals surface area (Å²) < 4.78 is 21.8. The zero-order valence-corrected chi connectivity index (χ0v) is 18.5. The van der Waals surface area contributed by atoms with Crippen LogP contribution in [0.5, 0.6) is 23.0 Å². The molecular weight excluding hydrogens is 420 g/mol. The third kappa shape index (κ3) is 5.09. The molecule has 0 atom stereocenters. The van der Waals surface area contributed by atoms with E-state index in [1.165, 1.54) is 13.2 Å². The highest BCUT2D eigenvalue weighted by atomic mass is 35.5. The van der Waals surface area contributed by atoms with Crippen molar-refractivity contribution in [3.8, 4) is 23.0 Å². The largest absolute Gasteiger partial charge is 0.496 e. The molecule has 3 rings (SSSR count). The van der Waals surface area contributed by atoms with Crippen molar-refractivity contribution < 1.29 is 28.5 Å². The molecule has 0 radical (unpaired) electrons. The van der Waals surface area contributed by atoms with Crippen LogP contribution < -0.4 is 18.9 Å². The van der Waals surface area contributed by atoms with Crippen LogP contribution in [0, 0.1) is 0 Å². The average molecular weight is 443 g/mol. The van der Waals surface area contributed by atoms with E-state index in [0.29, 0.717) is 28.4 Å². The van der Waals surface area contributed by atoms with Gasteiger partial charge in [0.25, 0.3) is 0 Å². The van der Waals surface area contributed by atoms with Crippen molar-refractivity contribution in [1.29, 1.82) is 0 Å². The molecule has 6 nitrogen and oxygen atoms in total. The first-order valence-corrected chi connectivity index (χ1v) is 10.1. The topological polar surface area (TPSA) is 71.1 Å². The second-order valence-electron chi connectivity index (χ2n) is 7.31. The second kappa shape index (κ2) is 9.27. The number of halogens is 1. The van der Waals surface area contributed by atoms with Crippen molar-refractivity contribution >= 4 is 35.5 Å². The summed E-state index contributed by atoms with van der Waals surface area (Å²) in [5, 5.41) is 0. The van der Waals surface area contributed by atoms with Gasteiger partial charge in [-0.1, -0.05) is 12.1 Å². The Bertz CT molecular complexity index is 1070. The summed E-state index contributed by atoms with van der Waals surface area (Å²) in [4.78, 5) is 24.5. The first-order chi connectivity index (χ1) is 14.8. The molecule has 0 aromatic heterocycles. The molecular formula is C24H23ClO6. The maximum absolute atomic E-state index is 13.0. The summed E-state index contributed by atoms with van der Waals surface area (Å²) in [5.74, 6) is 0.592. The number of carbonyl (C=O) groups is 2. The van der Waals surface area contributed by atoms with E-state index < -0.39 is 11.6 Å². The zero-order valence-electron chi connectivity index (χ0n) is 17.7. The van der Waals surface area contributed by atoms with Gasteiger partial charge in [-0.3, -0.25) is 9.59 Å². The predicted octanol–water partition coefficient (Wildman–Crippen LogP) is 4.93. The van der Waals surface area contributed by atoms with Gasteiger partial charge in [0.1, 0.15) is 23.0 Å². The van der Waals surface area contributed by atoms with E-state index in [4.69, 9.17) is 30.5 Å². The number of rotatable bonds is 7. The molecule has 2 aromatic rings. The minimum Gasteiger partial charge on any atom is -0.496 e. The van der Waals surface area contributed by atoms with Crippen LogP contribution in [0.3, 0.4) is 0 Å². The number of ether oxygens (including phenoxy) is 4. The Labute approximate surface area is 186 Å². The summed E-state index contributed by atoms with van der Waals surface area (Å²) in [6.07, 6.45) is 6.88. The molecule has 7 heteroatoms. The summed E-state index contributed by atoms with van der Waals surface area (Å²) in [5.41, 5.74) is 1.25. The minimum absolute atomic E-state index is 0.222. The van der Waals surface area contributed by atoms with Crippen molar-refractivity contribution in [2.75, 3.05) is 20.1 Å². The van der Waals surface area contributed by atoms with E-state index in [0.717, 1.165) is 5.56 Å². The fraction of sp³-hybridized carbons (Fsp3) is 0.250. The van der Waals surface area contributed by atoms with Gasteiger partial charge < -0.3 is 18.9 Å². The highest BCUT2D eigenvalue weighted by Crippen LogP contribution is 2.40. The lowest BCUT2D eigenvalue weighted by Crippen LogP contribution is -2.28. The zero-order chi connectivity index (χ0) is 22.6. The standard InChI is InChI=1S/C24H23ClO6/c1-24(2)12-11-17-19(28-3)10-7-16(23(17)31-24)18(26)8-5-15-6-9-20(29-4)21(13-15)30-22(27)14-25/h5-13H,14H2,1-4H3/b8-5+. The minimum atomic E-state index is -0.602. The van der Waals surface area contributed by atoms with Gasteiger partial charge in [0.2, 0.25) is 0 Å². The molecule has 0 N–H and O–H groups in total. The number of alkyl halides is 1. The normalized spacial score (nSPS) is 14.0. The molecule has 0 amide bonds. The number of fused-ring (bicyclic) bond motifs is 1. The molecule has 2 aromatic carbocycles. The molecule has 0 aliphatic carbocycles. The molecule has 31 heavy (non-hydrogen) atoms. The van der Waals surface area contributed by atoms with Crippen LogP contribution in [0.4, 0.5) is 0 Å². The smallest absolute Gasteiger partial charge is 0.326 e. The van der Waals surface area contributed by atoms with Gasteiger partial charge in [-0.15, -0.1) is 11.6 Å². The van der Waals surface area contributed by atoms with Crippen LogP contribution in [0.25, 0.3) is 12.2 Å². The number of allylic oxidation sites excluding steroid dienone is 1. The molecule has 0 bridgehead atoms. The number of carbonyl (C=O) groups excluding carboxylic acids is 2. The quantitative estimate of drug-likeness (QED) is 0.199. The first kappa shape index (κ1) is 22.4. The van der Waals surface area contributed by atoms with Gasteiger partial charge in [0.05, 0.1) is 25.3 Å². The Morgan fingerprint density at radius 3 is 2.45 bits per heavy atom. The van der Waals surface area contributed by atoms with Crippen LogP contribution in [0.1, 0.15) is 35.3 Å². The fourth-order valence-electron chi connectivity index (χ4n) is 3.09. The monoisotopic (exact) mass is 442 g/mol. The third-order valence-electron chi connectivity index (χ3n) is 4.61. The summed E-state index contributed by atoms with van der Waals surface area (Å²) >= 11 is 5.51. The van der Waals surface area contributed by atoms with E-state index in [-0.39, 0.29) is 17.4 Å².